The average Bonchev–Trinajstić information content (AvgIpc) is 3.05. The first kappa shape index (κ1) is 10.3. The van der Waals surface area contributed by atoms with Gasteiger partial charge in [-0.15, -0.1) is 0 Å². The van der Waals surface area contributed by atoms with E-state index in [1.54, 1.807) is 0 Å². The van der Waals surface area contributed by atoms with Crippen molar-refractivity contribution in [3.63, 3.8) is 0 Å². The Bertz CT molecular complexity index is 364. The number of piperidine rings is 1. The van der Waals surface area contributed by atoms with Gasteiger partial charge in [-0.05, 0) is 18.4 Å². The van der Waals surface area contributed by atoms with Gasteiger partial charge in [0.1, 0.15) is 5.60 Å². The highest BCUT2D eigenvalue weighted by molar-refractivity contribution is 5.15. The largest absolute Gasteiger partial charge is 0.365 e. The number of rotatable bonds is 3. The molecule has 0 radical (unpaired) electrons. The van der Waals surface area contributed by atoms with Crippen LogP contribution >= 0.6 is 0 Å². The van der Waals surface area contributed by atoms with E-state index in [-0.39, 0.29) is 5.60 Å². The number of benzene rings is 1. The summed E-state index contributed by atoms with van der Waals surface area (Å²) in [6, 6.07) is 10.7. The Balaban J connectivity index is 1.64. The SMILES string of the molecule is CCC12CN(Cc3ccccc3)CCC1O2. The van der Waals surface area contributed by atoms with Crippen LogP contribution in [0.2, 0.25) is 0 Å². The van der Waals surface area contributed by atoms with Crippen LogP contribution in [0.1, 0.15) is 25.3 Å². The summed E-state index contributed by atoms with van der Waals surface area (Å²) in [7, 11) is 0. The molecule has 3 rings (SSSR count). The van der Waals surface area contributed by atoms with Gasteiger partial charge < -0.3 is 4.74 Å². The Kier molecular flexibility index (Phi) is 2.49. The summed E-state index contributed by atoms with van der Waals surface area (Å²) in [6.07, 6.45) is 2.92. The number of ether oxygens (including phenoxy) is 1. The summed E-state index contributed by atoms with van der Waals surface area (Å²) in [4.78, 5) is 2.53. The van der Waals surface area contributed by atoms with Gasteiger partial charge in [-0.2, -0.15) is 0 Å². The summed E-state index contributed by atoms with van der Waals surface area (Å²) in [6.45, 7) is 5.61. The quantitative estimate of drug-likeness (QED) is 0.723. The van der Waals surface area contributed by atoms with Crippen LogP contribution in [0.15, 0.2) is 30.3 Å². The average molecular weight is 217 g/mol. The van der Waals surface area contributed by atoms with E-state index < -0.39 is 0 Å². The van der Waals surface area contributed by atoms with Gasteiger partial charge in [-0.3, -0.25) is 4.90 Å². The van der Waals surface area contributed by atoms with Crippen LogP contribution in [0.25, 0.3) is 0 Å². The van der Waals surface area contributed by atoms with Crippen molar-refractivity contribution in [2.24, 2.45) is 0 Å². The molecule has 2 aliphatic rings. The van der Waals surface area contributed by atoms with E-state index in [2.05, 4.69) is 42.2 Å². The van der Waals surface area contributed by atoms with Gasteiger partial charge in [0.2, 0.25) is 0 Å². The zero-order chi connectivity index (χ0) is 11.0. The van der Waals surface area contributed by atoms with E-state index in [1.807, 2.05) is 0 Å². The minimum Gasteiger partial charge on any atom is -0.365 e. The molecule has 0 aliphatic carbocycles. The van der Waals surface area contributed by atoms with Crippen LogP contribution in [-0.4, -0.2) is 29.7 Å². The molecule has 2 aliphatic heterocycles. The van der Waals surface area contributed by atoms with Gasteiger partial charge in [0.15, 0.2) is 0 Å². The molecule has 16 heavy (non-hydrogen) atoms. The molecule has 1 aromatic rings. The van der Waals surface area contributed by atoms with Gasteiger partial charge >= 0.3 is 0 Å². The molecule has 0 bridgehead atoms. The lowest BCUT2D eigenvalue weighted by Crippen LogP contribution is -2.40. The standard InChI is InChI=1S/C14H19NO/c1-2-14-11-15(9-8-13(14)16-14)10-12-6-4-3-5-7-12/h3-7,13H,2,8-11H2,1H3. The van der Waals surface area contributed by atoms with Crippen molar-refractivity contribution in [1.29, 1.82) is 0 Å². The second-order valence-corrected chi connectivity index (χ2v) is 5.01. The smallest absolute Gasteiger partial charge is 0.107 e. The molecular formula is C14H19NO. The van der Waals surface area contributed by atoms with E-state index in [0.29, 0.717) is 6.10 Å². The fraction of sp³-hybridized carbons (Fsp3) is 0.571. The van der Waals surface area contributed by atoms with Crippen molar-refractivity contribution in [3.05, 3.63) is 35.9 Å². The topological polar surface area (TPSA) is 15.8 Å². The molecule has 1 aromatic carbocycles. The zero-order valence-corrected chi connectivity index (χ0v) is 9.86. The van der Waals surface area contributed by atoms with Gasteiger partial charge in [-0.1, -0.05) is 37.3 Å². The molecule has 0 amide bonds. The van der Waals surface area contributed by atoms with Crippen molar-refractivity contribution in [1.82, 2.24) is 4.90 Å². The Hall–Kier alpha value is -0.860. The zero-order valence-electron chi connectivity index (χ0n) is 9.86. The van der Waals surface area contributed by atoms with Crippen LogP contribution < -0.4 is 0 Å². The van der Waals surface area contributed by atoms with E-state index in [1.165, 1.54) is 18.5 Å². The molecule has 0 saturated carbocycles. The highest BCUT2D eigenvalue weighted by atomic mass is 16.6. The summed E-state index contributed by atoms with van der Waals surface area (Å²) >= 11 is 0. The minimum atomic E-state index is 0.215. The monoisotopic (exact) mass is 217 g/mol. The first-order valence-corrected chi connectivity index (χ1v) is 6.26. The minimum absolute atomic E-state index is 0.215. The van der Waals surface area contributed by atoms with E-state index in [4.69, 9.17) is 4.74 Å². The highest BCUT2D eigenvalue weighted by Crippen LogP contribution is 2.45. The second kappa shape index (κ2) is 3.86. The highest BCUT2D eigenvalue weighted by Gasteiger charge is 2.57. The van der Waals surface area contributed by atoms with Gasteiger partial charge in [0.25, 0.3) is 0 Å². The van der Waals surface area contributed by atoms with E-state index in [9.17, 15) is 0 Å². The number of hydrogen-bond donors (Lipinski definition) is 0. The second-order valence-electron chi connectivity index (χ2n) is 5.01. The Labute approximate surface area is 97.2 Å². The lowest BCUT2D eigenvalue weighted by atomic mass is 9.95. The van der Waals surface area contributed by atoms with Gasteiger partial charge in [-0.25, -0.2) is 0 Å². The van der Waals surface area contributed by atoms with Crippen molar-refractivity contribution in [2.45, 2.75) is 38.0 Å². The lowest BCUT2D eigenvalue weighted by molar-refractivity contribution is 0.178. The van der Waals surface area contributed by atoms with E-state index in [0.717, 1.165) is 19.5 Å². The van der Waals surface area contributed by atoms with Crippen molar-refractivity contribution in [2.75, 3.05) is 13.1 Å². The van der Waals surface area contributed by atoms with Gasteiger partial charge in [0.05, 0.1) is 6.10 Å². The third-order valence-electron chi connectivity index (χ3n) is 3.95. The maximum absolute atomic E-state index is 5.84. The molecule has 2 atom stereocenters. The number of likely N-dealkylation sites (tertiary alicyclic amines) is 1. The normalized spacial score (nSPS) is 33.4. The maximum atomic E-state index is 5.84. The van der Waals surface area contributed by atoms with Crippen molar-refractivity contribution >= 4 is 0 Å². The molecule has 2 unspecified atom stereocenters. The Morgan fingerprint density at radius 2 is 2.19 bits per heavy atom. The fourth-order valence-corrected chi connectivity index (χ4v) is 2.87. The third kappa shape index (κ3) is 1.76. The molecule has 0 spiro atoms. The van der Waals surface area contributed by atoms with E-state index >= 15 is 0 Å². The summed E-state index contributed by atoms with van der Waals surface area (Å²) in [5.74, 6) is 0. The predicted molar refractivity (Wildman–Crippen MR) is 64.2 cm³/mol. The summed E-state index contributed by atoms with van der Waals surface area (Å²) < 4.78 is 5.84. The Morgan fingerprint density at radius 3 is 2.94 bits per heavy atom. The number of epoxide rings is 1. The summed E-state index contributed by atoms with van der Waals surface area (Å²) in [5, 5.41) is 0. The molecule has 0 N–H and O–H groups in total. The molecule has 2 saturated heterocycles. The molecule has 0 aromatic heterocycles. The van der Waals surface area contributed by atoms with Crippen LogP contribution in [0.4, 0.5) is 0 Å². The lowest BCUT2D eigenvalue weighted by Gasteiger charge is -2.29. The summed E-state index contributed by atoms with van der Waals surface area (Å²) in [5.41, 5.74) is 1.63. The molecule has 86 valence electrons. The number of fused-ring (bicyclic) bond motifs is 1. The fourth-order valence-electron chi connectivity index (χ4n) is 2.87. The number of nitrogens with zero attached hydrogens (tertiary/aromatic N) is 1. The molecule has 2 heterocycles. The van der Waals surface area contributed by atoms with Crippen LogP contribution in [0.3, 0.4) is 0 Å². The first-order valence-electron chi connectivity index (χ1n) is 6.26. The Morgan fingerprint density at radius 1 is 1.38 bits per heavy atom. The maximum Gasteiger partial charge on any atom is 0.107 e. The van der Waals surface area contributed by atoms with Crippen LogP contribution in [-0.2, 0) is 11.3 Å². The third-order valence-corrected chi connectivity index (χ3v) is 3.95. The van der Waals surface area contributed by atoms with Crippen LogP contribution in [0, 0.1) is 0 Å². The van der Waals surface area contributed by atoms with Crippen molar-refractivity contribution < 1.29 is 4.74 Å². The molecule has 2 fully saturated rings. The molecular weight excluding hydrogens is 198 g/mol. The molecule has 2 nitrogen and oxygen atoms in total. The number of hydrogen-bond acceptors (Lipinski definition) is 2. The van der Waals surface area contributed by atoms with Crippen LogP contribution in [0.5, 0.6) is 0 Å². The van der Waals surface area contributed by atoms with Gasteiger partial charge in [0, 0.05) is 19.6 Å². The molecule has 2 heteroatoms. The predicted octanol–water partition coefficient (Wildman–Crippen LogP) is 2.44. The van der Waals surface area contributed by atoms with Crippen molar-refractivity contribution in [3.8, 4) is 0 Å². The first-order chi connectivity index (χ1) is 7.82.